The van der Waals surface area contributed by atoms with Gasteiger partial charge in [0.1, 0.15) is 0 Å². The van der Waals surface area contributed by atoms with Crippen LogP contribution >= 0.6 is 0 Å². The van der Waals surface area contributed by atoms with Crippen LogP contribution in [0.5, 0.6) is 0 Å². The van der Waals surface area contributed by atoms with E-state index in [0.717, 1.165) is 19.8 Å². The fourth-order valence-corrected chi connectivity index (χ4v) is 3.03. The molecule has 0 aromatic rings. The van der Waals surface area contributed by atoms with Gasteiger partial charge in [-0.2, -0.15) is 0 Å². The molecule has 18 heavy (non-hydrogen) atoms. The normalized spacial score (nSPS) is 27.0. The molecule has 0 aromatic carbocycles. The predicted octanol–water partition coefficient (Wildman–Crippen LogP) is 2.27. The van der Waals surface area contributed by atoms with E-state index in [1.165, 1.54) is 51.7 Å². The Morgan fingerprint density at radius 2 is 1.94 bits per heavy atom. The second-order valence-electron chi connectivity index (χ2n) is 6.70. The fraction of sp³-hybridized carbons (Fsp3) is 1.00. The topological polar surface area (TPSA) is 24.5 Å². The van der Waals surface area contributed by atoms with Crippen LogP contribution in [0.1, 0.15) is 46.0 Å². The fourth-order valence-electron chi connectivity index (χ4n) is 3.03. The van der Waals surface area contributed by atoms with Crippen molar-refractivity contribution in [3.63, 3.8) is 0 Å². The Morgan fingerprint density at radius 3 is 2.72 bits per heavy atom. The van der Waals surface area contributed by atoms with Gasteiger partial charge in [0.25, 0.3) is 0 Å². The molecule has 0 saturated carbocycles. The van der Waals surface area contributed by atoms with Gasteiger partial charge in [-0.1, -0.05) is 13.8 Å². The van der Waals surface area contributed by atoms with E-state index in [-0.39, 0.29) is 0 Å². The molecule has 0 atom stereocenters. The van der Waals surface area contributed by atoms with Gasteiger partial charge in [0.05, 0.1) is 0 Å². The van der Waals surface area contributed by atoms with Gasteiger partial charge in [0.15, 0.2) is 0 Å². The summed E-state index contributed by atoms with van der Waals surface area (Å²) in [4.78, 5) is 2.64. The second kappa shape index (κ2) is 6.88. The highest BCUT2D eigenvalue weighted by Crippen LogP contribution is 2.29. The number of hydrogen-bond acceptors (Lipinski definition) is 3. The Balaban J connectivity index is 1.61. The number of likely N-dealkylation sites (tertiary alicyclic amines) is 1. The molecule has 0 aromatic heterocycles. The zero-order valence-corrected chi connectivity index (χ0v) is 12.2. The van der Waals surface area contributed by atoms with Crippen LogP contribution in [0, 0.1) is 5.41 Å². The number of hydrogen-bond donors (Lipinski definition) is 1. The third-order valence-electron chi connectivity index (χ3n) is 4.52. The first-order valence-corrected chi connectivity index (χ1v) is 7.69. The average molecular weight is 254 g/mol. The van der Waals surface area contributed by atoms with Crippen molar-refractivity contribution in [1.29, 1.82) is 0 Å². The lowest BCUT2D eigenvalue weighted by atomic mass is 9.85. The van der Waals surface area contributed by atoms with E-state index in [4.69, 9.17) is 4.74 Å². The Hall–Kier alpha value is -0.120. The maximum absolute atomic E-state index is 5.39. The van der Waals surface area contributed by atoms with Gasteiger partial charge in [0, 0.05) is 32.3 Å². The molecule has 2 aliphatic heterocycles. The Labute approximate surface area is 112 Å². The van der Waals surface area contributed by atoms with Crippen LogP contribution < -0.4 is 5.32 Å². The molecule has 3 heteroatoms. The van der Waals surface area contributed by atoms with Crippen molar-refractivity contribution < 1.29 is 4.74 Å². The summed E-state index contributed by atoms with van der Waals surface area (Å²) in [5, 5.41) is 3.69. The molecule has 0 bridgehead atoms. The average Bonchev–Trinajstić information content (AvgIpc) is 2.52. The predicted molar refractivity (Wildman–Crippen MR) is 75.9 cm³/mol. The van der Waals surface area contributed by atoms with Gasteiger partial charge >= 0.3 is 0 Å². The monoisotopic (exact) mass is 254 g/mol. The third kappa shape index (κ3) is 4.87. The minimum absolute atomic E-state index is 0.558. The molecule has 1 N–H and O–H groups in total. The lowest BCUT2D eigenvalue weighted by Gasteiger charge is -2.26. The third-order valence-corrected chi connectivity index (χ3v) is 4.52. The van der Waals surface area contributed by atoms with Crippen LogP contribution in [0.2, 0.25) is 0 Å². The smallest absolute Gasteiger partial charge is 0.0480 e. The van der Waals surface area contributed by atoms with E-state index < -0.39 is 0 Å². The van der Waals surface area contributed by atoms with Gasteiger partial charge in [-0.3, -0.25) is 0 Å². The highest BCUT2D eigenvalue weighted by Gasteiger charge is 2.22. The molecule has 0 unspecified atom stereocenters. The highest BCUT2D eigenvalue weighted by atomic mass is 16.5. The van der Waals surface area contributed by atoms with Crippen LogP contribution in [-0.2, 0) is 4.74 Å². The van der Waals surface area contributed by atoms with Crippen LogP contribution in [0.25, 0.3) is 0 Å². The summed E-state index contributed by atoms with van der Waals surface area (Å²) in [7, 11) is 0. The zero-order valence-electron chi connectivity index (χ0n) is 12.2. The van der Waals surface area contributed by atoms with Crippen molar-refractivity contribution in [2.45, 2.75) is 52.0 Å². The molecule has 0 aliphatic carbocycles. The Morgan fingerprint density at radius 1 is 1.17 bits per heavy atom. The summed E-state index contributed by atoms with van der Waals surface area (Å²) in [5.74, 6) is 0. The number of rotatable bonds is 4. The van der Waals surface area contributed by atoms with Gasteiger partial charge < -0.3 is 15.0 Å². The van der Waals surface area contributed by atoms with Crippen molar-refractivity contribution in [2.24, 2.45) is 5.41 Å². The summed E-state index contributed by atoms with van der Waals surface area (Å²) in [6.45, 7) is 11.6. The first-order chi connectivity index (χ1) is 8.66. The molecule has 2 rings (SSSR count). The van der Waals surface area contributed by atoms with Crippen LogP contribution in [0.4, 0.5) is 0 Å². The minimum Gasteiger partial charge on any atom is -0.381 e. The molecule has 2 saturated heterocycles. The summed E-state index contributed by atoms with van der Waals surface area (Å²) in [6.07, 6.45) is 6.48. The largest absolute Gasteiger partial charge is 0.381 e. The van der Waals surface area contributed by atoms with Gasteiger partial charge in [-0.15, -0.1) is 0 Å². The quantitative estimate of drug-likeness (QED) is 0.833. The highest BCUT2D eigenvalue weighted by molar-refractivity contribution is 4.77. The molecule has 0 amide bonds. The van der Waals surface area contributed by atoms with Crippen LogP contribution in [0.15, 0.2) is 0 Å². The van der Waals surface area contributed by atoms with E-state index >= 15 is 0 Å². The maximum Gasteiger partial charge on any atom is 0.0480 e. The van der Waals surface area contributed by atoms with Gasteiger partial charge in [-0.05, 0) is 50.6 Å². The van der Waals surface area contributed by atoms with Gasteiger partial charge in [0.2, 0.25) is 0 Å². The maximum atomic E-state index is 5.39. The van der Waals surface area contributed by atoms with Crippen molar-refractivity contribution in [3.05, 3.63) is 0 Å². The summed E-state index contributed by atoms with van der Waals surface area (Å²) >= 11 is 0. The van der Waals surface area contributed by atoms with Crippen LogP contribution in [0.3, 0.4) is 0 Å². The molecule has 2 fully saturated rings. The first-order valence-electron chi connectivity index (χ1n) is 7.69. The molecule has 0 spiro atoms. The van der Waals surface area contributed by atoms with E-state index in [9.17, 15) is 0 Å². The van der Waals surface area contributed by atoms with Crippen molar-refractivity contribution in [2.75, 3.05) is 39.4 Å². The van der Waals surface area contributed by atoms with E-state index in [2.05, 4.69) is 24.1 Å². The van der Waals surface area contributed by atoms with Crippen molar-refractivity contribution in [1.82, 2.24) is 10.2 Å². The van der Waals surface area contributed by atoms with Crippen molar-refractivity contribution in [3.8, 4) is 0 Å². The molecule has 0 radical (unpaired) electrons. The van der Waals surface area contributed by atoms with E-state index in [1.54, 1.807) is 0 Å². The first kappa shape index (κ1) is 14.3. The van der Waals surface area contributed by atoms with Crippen molar-refractivity contribution >= 4 is 0 Å². The molecule has 106 valence electrons. The van der Waals surface area contributed by atoms with Crippen LogP contribution in [-0.4, -0.2) is 50.3 Å². The standard InChI is InChI=1S/C15H30N2O/c1-15(2)6-3-9-17(10-7-15)11-8-16-14-4-12-18-13-5-14/h14,16H,3-13H2,1-2H3. The molecule has 2 aliphatic rings. The zero-order chi connectivity index (χ0) is 12.8. The van der Waals surface area contributed by atoms with Gasteiger partial charge in [-0.25, -0.2) is 0 Å². The summed E-state index contributed by atoms with van der Waals surface area (Å²) in [6, 6.07) is 0.696. The molecule has 3 nitrogen and oxygen atoms in total. The number of ether oxygens (including phenoxy) is 1. The summed E-state index contributed by atoms with van der Waals surface area (Å²) in [5.41, 5.74) is 0.558. The molecule has 2 heterocycles. The SMILES string of the molecule is CC1(C)CCCN(CCNC2CCOCC2)CC1. The minimum atomic E-state index is 0.558. The second-order valence-corrected chi connectivity index (χ2v) is 6.70. The Kier molecular flexibility index (Phi) is 5.46. The number of nitrogens with zero attached hydrogens (tertiary/aromatic N) is 1. The van der Waals surface area contributed by atoms with E-state index in [0.29, 0.717) is 11.5 Å². The number of nitrogens with one attached hydrogen (secondary N) is 1. The molecular weight excluding hydrogens is 224 g/mol. The van der Waals surface area contributed by atoms with E-state index in [1.807, 2.05) is 0 Å². The molecular formula is C15H30N2O. The summed E-state index contributed by atoms with van der Waals surface area (Å²) < 4.78 is 5.39. The lowest BCUT2D eigenvalue weighted by molar-refractivity contribution is 0.0772. The lowest BCUT2D eigenvalue weighted by Crippen LogP contribution is -2.40. The Bertz CT molecular complexity index is 237.